The maximum Gasteiger partial charge on any atom is 0.254 e. The van der Waals surface area contributed by atoms with E-state index in [-0.39, 0.29) is 24.4 Å². The molecule has 4 rings (SSSR count). The van der Waals surface area contributed by atoms with Gasteiger partial charge in [0.2, 0.25) is 5.91 Å². The van der Waals surface area contributed by atoms with Gasteiger partial charge in [0, 0.05) is 37.1 Å². The van der Waals surface area contributed by atoms with Crippen LogP contribution >= 0.6 is 0 Å². The Morgan fingerprint density at radius 1 is 1.03 bits per heavy atom. The normalized spacial score (nSPS) is 20.7. The summed E-state index contributed by atoms with van der Waals surface area (Å²) in [5.41, 5.74) is 1.81. The number of carbonyl (C=O) groups excluding carboxylic acids is 2. The number of piperidine rings is 1. The van der Waals surface area contributed by atoms with Crippen LogP contribution in [0.4, 0.5) is 0 Å². The van der Waals surface area contributed by atoms with E-state index in [2.05, 4.69) is 17.1 Å². The number of carbonyl (C=O) groups is 2. The van der Waals surface area contributed by atoms with Crippen molar-refractivity contribution in [2.24, 2.45) is 0 Å². The molecule has 0 saturated carbocycles. The molecule has 0 N–H and O–H groups in total. The van der Waals surface area contributed by atoms with Crippen molar-refractivity contribution in [2.45, 2.75) is 44.6 Å². The number of aromatic nitrogens is 1. The zero-order valence-corrected chi connectivity index (χ0v) is 17.3. The number of amides is 2. The molecule has 2 aliphatic rings. The van der Waals surface area contributed by atoms with E-state index in [1.54, 1.807) is 29.4 Å². The van der Waals surface area contributed by atoms with Gasteiger partial charge in [-0.1, -0.05) is 12.1 Å². The van der Waals surface area contributed by atoms with Crippen molar-refractivity contribution in [1.29, 1.82) is 0 Å². The van der Waals surface area contributed by atoms with E-state index in [1.165, 1.54) is 5.56 Å². The van der Waals surface area contributed by atoms with E-state index in [0.29, 0.717) is 25.1 Å². The first kappa shape index (κ1) is 20.4. The second kappa shape index (κ2) is 9.74. The highest BCUT2D eigenvalue weighted by atomic mass is 16.5. The van der Waals surface area contributed by atoms with Crippen LogP contribution in [-0.4, -0.2) is 58.9 Å². The Balaban J connectivity index is 1.57. The number of benzene rings is 1. The Hall–Kier alpha value is -2.89. The molecule has 0 spiro atoms. The predicted molar refractivity (Wildman–Crippen MR) is 114 cm³/mol. The van der Waals surface area contributed by atoms with E-state index >= 15 is 0 Å². The largest absolute Gasteiger partial charge is 0.494 e. The van der Waals surface area contributed by atoms with Crippen LogP contribution in [0.5, 0.6) is 5.75 Å². The topological polar surface area (TPSA) is 62.7 Å². The van der Waals surface area contributed by atoms with Gasteiger partial charge in [0.05, 0.1) is 6.61 Å². The second-order valence-electron chi connectivity index (χ2n) is 8.09. The molecule has 2 aromatic rings. The summed E-state index contributed by atoms with van der Waals surface area (Å²) in [4.78, 5) is 34.0. The lowest BCUT2D eigenvalue weighted by molar-refractivity contribution is -0.135. The molecule has 3 heterocycles. The van der Waals surface area contributed by atoms with Crippen molar-refractivity contribution in [2.75, 3.05) is 26.2 Å². The number of ether oxygens (including phenoxy) is 1. The van der Waals surface area contributed by atoms with Gasteiger partial charge in [0.25, 0.3) is 5.91 Å². The lowest BCUT2D eigenvalue weighted by Crippen LogP contribution is -2.49. The summed E-state index contributed by atoms with van der Waals surface area (Å²) in [5.74, 6) is 0.787. The SMILES string of the molecule is O=C(c1ccncc1)N1CCCOc2cccc(c2)CCC2CCCCN2C(=O)C1. The van der Waals surface area contributed by atoms with Crippen molar-refractivity contribution in [3.63, 3.8) is 0 Å². The fourth-order valence-corrected chi connectivity index (χ4v) is 4.38. The number of fused-ring (bicyclic) bond motifs is 3. The lowest BCUT2D eigenvalue weighted by atomic mass is 9.95. The third-order valence-corrected chi connectivity index (χ3v) is 5.99. The third-order valence-electron chi connectivity index (χ3n) is 5.99. The molecule has 158 valence electrons. The number of hydrogen-bond donors (Lipinski definition) is 0. The molecular formula is C24H29N3O3. The van der Waals surface area contributed by atoms with Gasteiger partial charge >= 0.3 is 0 Å². The molecule has 1 saturated heterocycles. The predicted octanol–water partition coefficient (Wildman–Crippen LogP) is 3.32. The molecule has 6 nitrogen and oxygen atoms in total. The summed E-state index contributed by atoms with van der Waals surface area (Å²) >= 11 is 0. The highest BCUT2D eigenvalue weighted by Gasteiger charge is 2.29. The Kier molecular flexibility index (Phi) is 6.62. The summed E-state index contributed by atoms with van der Waals surface area (Å²) in [5, 5.41) is 0. The van der Waals surface area contributed by atoms with Crippen LogP contribution in [0.15, 0.2) is 48.8 Å². The zero-order chi connectivity index (χ0) is 20.8. The second-order valence-corrected chi connectivity index (χ2v) is 8.09. The lowest BCUT2D eigenvalue weighted by Gasteiger charge is -2.37. The quantitative estimate of drug-likeness (QED) is 0.728. The number of aryl methyl sites for hydroxylation is 1. The Bertz CT molecular complexity index is 871. The molecule has 30 heavy (non-hydrogen) atoms. The molecule has 1 unspecified atom stereocenters. The Morgan fingerprint density at radius 2 is 1.90 bits per heavy atom. The van der Waals surface area contributed by atoms with E-state index in [1.807, 2.05) is 17.0 Å². The summed E-state index contributed by atoms with van der Waals surface area (Å²) in [6.07, 6.45) is 8.95. The van der Waals surface area contributed by atoms with Crippen LogP contribution in [-0.2, 0) is 11.2 Å². The van der Waals surface area contributed by atoms with Crippen LogP contribution in [0.25, 0.3) is 0 Å². The summed E-state index contributed by atoms with van der Waals surface area (Å²) in [6.45, 7) is 1.88. The average Bonchev–Trinajstić information content (AvgIpc) is 2.79. The van der Waals surface area contributed by atoms with Crippen molar-refractivity contribution in [3.05, 3.63) is 59.9 Å². The molecule has 0 aliphatic carbocycles. The molecule has 6 heteroatoms. The van der Waals surface area contributed by atoms with E-state index in [9.17, 15) is 9.59 Å². The van der Waals surface area contributed by atoms with Crippen LogP contribution in [0, 0.1) is 0 Å². The maximum absolute atomic E-state index is 13.2. The van der Waals surface area contributed by atoms with Crippen LogP contribution in [0.1, 0.15) is 48.0 Å². The highest BCUT2D eigenvalue weighted by molar-refractivity contribution is 5.96. The molecular weight excluding hydrogens is 378 g/mol. The van der Waals surface area contributed by atoms with Crippen LogP contribution < -0.4 is 4.74 Å². The fourth-order valence-electron chi connectivity index (χ4n) is 4.38. The molecule has 2 aliphatic heterocycles. The minimum absolute atomic E-state index is 0.0498. The minimum atomic E-state index is -0.131. The monoisotopic (exact) mass is 407 g/mol. The standard InChI is InChI=1S/C24H29N3O3/c28-23-18-26(24(29)20-10-12-25-13-11-20)14-4-16-30-22-7-3-5-19(17-22)8-9-21-6-1-2-15-27(21)23/h3,5,7,10-13,17,21H,1-2,4,6,8-9,14-16,18H2. The zero-order valence-electron chi connectivity index (χ0n) is 17.3. The van der Waals surface area contributed by atoms with E-state index < -0.39 is 0 Å². The Morgan fingerprint density at radius 3 is 2.77 bits per heavy atom. The van der Waals surface area contributed by atoms with Gasteiger partial charge in [-0.15, -0.1) is 0 Å². The molecule has 1 aromatic heterocycles. The molecule has 2 amide bonds. The summed E-state index contributed by atoms with van der Waals surface area (Å²) in [6, 6.07) is 11.9. The Labute approximate surface area is 177 Å². The van der Waals surface area contributed by atoms with Gasteiger partial charge in [0.1, 0.15) is 12.3 Å². The number of pyridine rings is 1. The first-order valence-corrected chi connectivity index (χ1v) is 10.9. The smallest absolute Gasteiger partial charge is 0.254 e. The van der Waals surface area contributed by atoms with Gasteiger partial charge in [0.15, 0.2) is 0 Å². The van der Waals surface area contributed by atoms with E-state index in [4.69, 9.17) is 4.74 Å². The molecule has 1 atom stereocenters. The number of hydrogen-bond acceptors (Lipinski definition) is 4. The van der Waals surface area contributed by atoms with E-state index in [0.717, 1.165) is 44.4 Å². The average molecular weight is 408 g/mol. The fraction of sp³-hybridized carbons (Fsp3) is 0.458. The van der Waals surface area contributed by atoms with Gasteiger partial charge in [-0.2, -0.15) is 0 Å². The molecule has 1 aromatic carbocycles. The molecule has 1 fully saturated rings. The van der Waals surface area contributed by atoms with Gasteiger partial charge in [-0.3, -0.25) is 14.6 Å². The van der Waals surface area contributed by atoms with Gasteiger partial charge < -0.3 is 14.5 Å². The van der Waals surface area contributed by atoms with Crippen LogP contribution in [0.2, 0.25) is 0 Å². The summed E-state index contributed by atoms with van der Waals surface area (Å²) < 4.78 is 5.92. The first-order chi connectivity index (χ1) is 14.7. The summed E-state index contributed by atoms with van der Waals surface area (Å²) in [7, 11) is 0. The van der Waals surface area contributed by atoms with Crippen molar-refractivity contribution in [1.82, 2.24) is 14.8 Å². The van der Waals surface area contributed by atoms with Crippen molar-refractivity contribution >= 4 is 11.8 Å². The molecule has 0 radical (unpaired) electrons. The maximum atomic E-state index is 13.2. The van der Waals surface area contributed by atoms with Crippen molar-refractivity contribution < 1.29 is 14.3 Å². The van der Waals surface area contributed by atoms with Crippen LogP contribution in [0.3, 0.4) is 0 Å². The molecule has 2 bridgehead atoms. The third kappa shape index (κ3) is 4.99. The number of rotatable bonds is 1. The highest BCUT2D eigenvalue weighted by Crippen LogP contribution is 2.24. The first-order valence-electron chi connectivity index (χ1n) is 10.9. The minimum Gasteiger partial charge on any atom is -0.494 e. The van der Waals surface area contributed by atoms with Crippen molar-refractivity contribution in [3.8, 4) is 5.75 Å². The number of nitrogens with zero attached hydrogens (tertiary/aromatic N) is 3. The van der Waals surface area contributed by atoms with Gasteiger partial charge in [-0.25, -0.2) is 0 Å². The van der Waals surface area contributed by atoms with Gasteiger partial charge in [-0.05, 0) is 68.4 Å².